The first-order chi connectivity index (χ1) is 12.2. The molecule has 0 N–H and O–H groups in total. The first-order valence-corrected chi connectivity index (χ1v) is 8.72. The topological polar surface area (TPSA) is 44.1 Å². The van der Waals surface area contributed by atoms with Gasteiger partial charge >= 0.3 is 5.97 Å². The molecule has 0 aliphatic rings. The molecular weight excluding hydrogens is 380 g/mol. The lowest BCUT2D eigenvalue weighted by molar-refractivity contribution is -0.137. The molecule has 5 heteroatoms. The molecule has 0 saturated heterocycles. The fourth-order valence-electron chi connectivity index (χ4n) is 2.43. The number of hydrogen-bond acceptors (Lipinski definition) is 3. The highest BCUT2D eigenvalue weighted by atomic mass is 79.9. The van der Waals surface area contributed by atoms with Gasteiger partial charge in [-0.05, 0) is 37.3 Å². The molecule has 0 bridgehead atoms. The maximum atomic E-state index is 11.7. The molecule has 0 fully saturated rings. The highest BCUT2D eigenvalue weighted by Gasteiger charge is 2.11. The van der Waals surface area contributed by atoms with Crippen LogP contribution in [-0.4, -0.2) is 22.4 Å². The Balaban J connectivity index is 2.05. The predicted molar refractivity (Wildman–Crippen MR) is 102 cm³/mol. The summed E-state index contributed by atoms with van der Waals surface area (Å²) < 4.78 is 7.74. The maximum absolute atomic E-state index is 11.7. The minimum absolute atomic E-state index is 0.352. The highest BCUT2D eigenvalue weighted by molar-refractivity contribution is 9.10. The van der Waals surface area contributed by atoms with Gasteiger partial charge < -0.3 is 4.74 Å². The van der Waals surface area contributed by atoms with Crippen molar-refractivity contribution in [2.75, 3.05) is 6.61 Å². The van der Waals surface area contributed by atoms with Crippen molar-refractivity contribution in [1.29, 1.82) is 0 Å². The molecule has 0 spiro atoms. The zero-order chi connectivity index (χ0) is 17.6. The molecule has 3 aromatic rings. The highest BCUT2D eigenvalue weighted by Crippen LogP contribution is 2.27. The summed E-state index contributed by atoms with van der Waals surface area (Å²) in [5.41, 5.74) is 3.56. The molecule has 0 radical (unpaired) electrons. The van der Waals surface area contributed by atoms with E-state index >= 15 is 0 Å². The van der Waals surface area contributed by atoms with E-state index in [2.05, 4.69) is 15.9 Å². The lowest BCUT2D eigenvalue weighted by Gasteiger charge is -2.01. The second-order valence-corrected chi connectivity index (χ2v) is 6.22. The SMILES string of the molecule is CCOC(=O)/C=C/c1cn(-c2ccccc2)nc1-c1cccc(Br)c1. The zero-order valence-electron chi connectivity index (χ0n) is 13.7. The Hall–Kier alpha value is -2.66. The van der Waals surface area contributed by atoms with E-state index in [-0.39, 0.29) is 5.97 Å². The van der Waals surface area contributed by atoms with E-state index in [1.54, 1.807) is 17.7 Å². The van der Waals surface area contributed by atoms with Crippen molar-refractivity contribution >= 4 is 28.0 Å². The minimum atomic E-state index is -0.366. The van der Waals surface area contributed by atoms with Crippen molar-refractivity contribution in [3.8, 4) is 16.9 Å². The molecular formula is C20H17BrN2O2. The van der Waals surface area contributed by atoms with E-state index in [9.17, 15) is 4.79 Å². The van der Waals surface area contributed by atoms with Crippen LogP contribution in [-0.2, 0) is 9.53 Å². The van der Waals surface area contributed by atoms with Crippen LogP contribution in [0.4, 0.5) is 0 Å². The second kappa shape index (κ2) is 7.94. The molecule has 0 aliphatic carbocycles. The minimum Gasteiger partial charge on any atom is -0.463 e. The monoisotopic (exact) mass is 396 g/mol. The quantitative estimate of drug-likeness (QED) is 0.456. The summed E-state index contributed by atoms with van der Waals surface area (Å²) in [5.74, 6) is -0.366. The van der Waals surface area contributed by atoms with E-state index in [1.807, 2.05) is 60.8 Å². The third-order valence-corrected chi connectivity index (χ3v) is 4.04. The van der Waals surface area contributed by atoms with Gasteiger partial charge in [-0.3, -0.25) is 0 Å². The Kier molecular flexibility index (Phi) is 5.46. The third kappa shape index (κ3) is 4.25. The average Bonchev–Trinajstić information content (AvgIpc) is 3.05. The van der Waals surface area contributed by atoms with Gasteiger partial charge in [0.2, 0.25) is 0 Å². The summed E-state index contributed by atoms with van der Waals surface area (Å²) in [6.45, 7) is 2.14. The molecule has 2 aromatic carbocycles. The van der Waals surface area contributed by atoms with Gasteiger partial charge in [-0.25, -0.2) is 9.48 Å². The molecule has 0 saturated carbocycles. The lowest BCUT2D eigenvalue weighted by atomic mass is 10.1. The summed E-state index contributed by atoms with van der Waals surface area (Å²) in [6, 6.07) is 17.8. The number of hydrogen-bond donors (Lipinski definition) is 0. The molecule has 1 aromatic heterocycles. The summed E-state index contributed by atoms with van der Waals surface area (Å²) in [5, 5.41) is 4.71. The van der Waals surface area contributed by atoms with Crippen LogP contribution >= 0.6 is 15.9 Å². The largest absolute Gasteiger partial charge is 0.463 e. The van der Waals surface area contributed by atoms with Gasteiger partial charge in [0.15, 0.2) is 0 Å². The molecule has 0 unspecified atom stereocenters. The molecule has 3 rings (SSSR count). The van der Waals surface area contributed by atoms with Crippen molar-refractivity contribution in [2.24, 2.45) is 0 Å². The van der Waals surface area contributed by atoms with E-state index in [0.717, 1.165) is 27.0 Å². The number of benzene rings is 2. The third-order valence-electron chi connectivity index (χ3n) is 3.55. The Morgan fingerprint density at radius 3 is 2.72 bits per heavy atom. The number of para-hydroxylation sites is 1. The Morgan fingerprint density at radius 2 is 2.00 bits per heavy atom. The number of halogens is 1. The molecule has 4 nitrogen and oxygen atoms in total. The van der Waals surface area contributed by atoms with Gasteiger partial charge in [-0.2, -0.15) is 5.10 Å². The molecule has 0 atom stereocenters. The first-order valence-electron chi connectivity index (χ1n) is 7.93. The number of rotatable bonds is 5. The Morgan fingerprint density at radius 1 is 1.20 bits per heavy atom. The van der Waals surface area contributed by atoms with Gasteiger partial charge in [0.25, 0.3) is 0 Å². The standard InChI is InChI=1S/C20H17BrN2O2/c1-2-25-19(24)12-11-16-14-23(18-9-4-3-5-10-18)22-20(16)15-7-6-8-17(21)13-15/h3-14H,2H2,1H3/b12-11+. The molecule has 1 heterocycles. The van der Waals surface area contributed by atoms with E-state index in [1.165, 1.54) is 6.08 Å². The van der Waals surface area contributed by atoms with Gasteiger partial charge in [0, 0.05) is 27.9 Å². The van der Waals surface area contributed by atoms with Crippen molar-refractivity contribution < 1.29 is 9.53 Å². The van der Waals surface area contributed by atoms with Crippen LogP contribution in [0.5, 0.6) is 0 Å². The van der Waals surface area contributed by atoms with Crippen molar-refractivity contribution in [1.82, 2.24) is 9.78 Å². The normalized spacial score (nSPS) is 11.0. The second-order valence-electron chi connectivity index (χ2n) is 5.31. The Labute approximate surface area is 154 Å². The van der Waals surface area contributed by atoms with Crippen LogP contribution in [0.2, 0.25) is 0 Å². The molecule has 25 heavy (non-hydrogen) atoms. The van der Waals surface area contributed by atoms with Gasteiger partial charge in [-0.1, -0.05) is 46.3 Å². The van der Waals surface area contributed by atoms with Crippen LogP contribution in [0.3, 0.4) is 0 Å². The zero-order valence-corrected chi connectivity index (χ0v) is 15.3. The van der Waals surface area contributed by atoms with Crippen LogP contribution < -0.4 is 0 Å². The van der Waals surface area contributed by atoms with Gasteiger partial charge in [0.05, 0.1) is 18.0 Å². The summed E-state index contributed by atoms with van der Waals surface area (Å²) in [7, 11) is 0. The number of esters is 1. The van der Waals surface area contributed by atoms with Crippen LogP contribution in [0, 0.1) is 0 Å². The van der Waals surface area contributed by atoms with Crippen molar-refractivity contribution in [2.45, 2.75) is 6.92 Å². The number of carbonyl (C=O) groups excluding carboxylic acids is 1. The first kappa shape index (κ1) is 17.2. The average molecular weight is 397 g/mol. The number of carbonyl (C=O) groups is 1. The van der Waals surface area contributed by atoms with E-state index < -0.39 is 0 Å². The van der Waals surface area contributed by atoms with Crippen molar-refractivity contribution in [3.63, 3.8) is 0 Å². The van der Waals surface area contributed by atoms with Gasteiger partial charge in [-0.15, -0.1) is 0 Å². The molecule has 0 amide bonds. The molecule has 0 aliphatic heterocycles. The fourth-order valence-corrected chi connectivity index (χ4v) is 2.83. The van der Waals surface area contributed by atoms with Crippen molar-refractivity contribution in [3.05, 3.63) is 76.9 Å². The number of ether oxygens (including phenoxy) is 1. The smallest absolute Gasteiger partial charge is 0.330 e. The summed E-state index contributed by atoms with van der Waals surface area (Å²) >= 11 is 3.49. The molecule has 126 valence electrons. The summed E-state index contributed by atoms with van der Waals surface area (Å²) in [4.78, 5) is 11.7. The van der Waals surface area contributed by atoms with Crippen LogP contribution in [0.1, 0.15) is 12.5 Å². The van der Waals surface area contributed by atoms with E-state index in [0.29, 0.717) is 6.61 Å². The summed E-state index contributed by atoms with van der Waals surface area (Å²) in [6.07, 6.45) is 5.07. The van der Waals surface area contributed by atoms with Crippen LogP contribution in [0.15, 0.2) is 71.3 Å². The number of nitrogens with zero attached hydrogens (tertiary/aromatic N) is 2. The van der Waals surface area contributed by atoms with Crippen LogP contribution in [0.25, 0.3) is 23.0 Å². The fraction of sp³-hybridized carbons (Fsp3) is 0.100. The maximum Gasteiger partial charge on any atom is 0.330 e. The van der Waals surface area contributed by atoms with Gasteiger partial charge in [0.1, 0.15) is 0 Å². The number of aromatic nitrogens is 2. The lowest BCUT2D eigenvalue weighted by Crippen LogP contribution is -1.98. The Bertz CT molecular complexity index is 901. The predicted octanol–water partition coefficient (Wildman–Crippen LogP) is 4.88. The van der Waals surface area contributed by atoms with E-state index in [4.69, 9.17) is 9.84 Å².